The fourth-order valence-electron chi connectivity index (χ4n) is 4.36. The average molecular weight is 487 g/mol. The molecule has 3 aromatic rings. The van der Waals surface area contributed by atoms with Gasteiger partial charge in [-0.15, -0.1) is 0 Å². The Morgan fingerprint density at radius 3 is 2.28 bits per heavy atom. The van der Waals surface area contributed by atoms with E-state index in [1.165, 1.54) is 6.92 Å². The molecule has 0 aliphatic carbocycles. The number of amides is 2. The second-order valence-electron chi connectivity index (χ2n) is 9.45. The lowest BCUT2D eigenvalue weighted by Gasteiger charge is -2.32. The molecule has 0 saturated carbocycles. The van der Waals surface area contributed by atoms with Crippen LogP contribution in [0.1, 0.15) is 49.5 Å². The summed E-state index contributed by atoms with van der Waals surface area (Å²) in [5, 5.41) is 2.79. The summed E-state index contributed by atoms with van der Waals surface area (Å²) in [6.45, 7) is 7.38. The molecule has 188 valence electrons. The third kappa shape index (κ3) is 6.95. The maximum Gasteiger partial charge on any atom is 0.253 e. The van der Waals surface area contributed by atoms with Crippen molar-refractivity contribution in [2.45, 2.75) is 52.4 Å². The number of hydrogen-bond acceptors (Lipinski definition) is 4. The summed E-state index contributed by atoms with van der Waals surface area (Å²) in [5.74, 6) is 0.754. The third-order valence-electron chi connectivity index (χ3n) is 6.15. The van der Waals surface area contributed by atoms with Gasteiger partial charge in [0.05, 0.1) is 18.8 Å². The summed E-state index contributed by atoms with van der Waals surface area (Å²) in [6.07, 6.45) is 1.89. The van der Waals surface area contributed by atoms with Gasteiger partial charge >= 0.3 is 0 Å². The third-order valence-corrected chi connectivity index (χ3v) is 6.15. The SMILES string of the molecule is CC(=O)Nc1ccc(-c2cccc(COC3CCN(C(=O)c4ccc(OC(C)C)cc4)CC3)c2)cc1. The lowest BCUT2D eigenvalue weighted by Crippen LogP contribution is -2.40. The summed E-state index contributed by atoms with van der Waals surface area (Å²) in [5.41, 5.74) is 4.78. The maximum atomic E-state index is 12.9. The molecule has 6 nitrogen and oxygen atoms in total. The Balaban J connectivity index is 1.27. The van der Waals surface area contributed by atoms with Crippen LogP contribution in [0.2, 0.25) is 0 Å². The highest BCUT2D eigenvalue weighted by Crippen LogP contribution is 2.24. The van der Waals surface area contributed by atoms with Gasteiger partial charge in [-0.1, -0.05) is 30.3 Å². The molecule has 0 atom stereocenters. The predicted octanol–water partition coefficient (Wildman–Crippen LogP) is 5.92. The Kier molecular flexibility index (Phi) is 8.39. The van der Waals surface area contributed by atoms with Crippen LogP contribution in [0, 0.1) is 0 Å². The van der Waals surface area contributed by atoms with E-state index in [9.17, 15) is 9.59 Å². The second kappa shape index (κ2) is 11.9. The van der Waals surface area contributed by atoms with Gasteiger partial charge < -0.3 is 19.7 Å². The van der Waals surface area contributed by atoms with Crippen LogP contribution in [0.3, 0.4) is 0 Å². The van der Waals surface area contributed by atoms with Crippen LogP contribution in [-0.2, 0) is 16.1 Å². The van der Waals surface area contributed by atoms with Gasteiger partial charge in [0.1, 0.15) is 5.75 Å². The molecule has 0 spiro atoms. The molecule has 36 heavy (non-hydrogen) atoms. The summed E-state index contributed by atoms with van der Waals surface area (Å²) in [4.78, 5) is 26.0. The first-order chi connectivity index (χ1) is 17.4. The van der Waals surface area contributed by atoms with Gasteiger partial charge in [-0.2, -0.15) is 0 Å². The number of anilines is 1. The van der Waals surface area contributed by atoms with Gasteiger partial charge in [-0.05, 0) is 85.8 Å². The Morgan fingerprint density at radius 1 is 0.944 bits per heavy atom. The summed E-state index contributed by atoms with van der Waals surface area (Å²) in [7, 11) is 0. The monoisotopic (exact) mass is 486 g/mol. The van der Waals surface area contributed by atoms with Crippen LogP contribution in [-0.4, -0.2) is 42.0 Å². The van der Waals surface area contributed by atoms with Crippen LogP contribution in [0.25, 0.3) is 11.1 Å². The molecule has 1 heterocycles. The maximum absolute atomic E-state index is 12.9. The minimum absolute atomic E-state index is 0.0572. The van der Waals surface area contributed by atoms with Crippen molar-refractivity contribution in [3.63, 3.8) is 0 Å². The smallest absolute Gasteiger partial charge is 0.253 e. The molecule has 1 aliphatic rings. The number of piperidine rings is 1. The second-order valence-corrected chi connectivity index (χ2v) is 9.45. The van der Waals surface area contributed by atoms with E-state index in [0.29, 0.717) is 25.3 Å². The normalized spacial score (nSPS) is 14.1. The topological polar surface area (TPSA) is 67.9 Å². The molecule has 4 rings (SSSR count). The molecule has 2 amide bonds. The van der Waals surface area contributed by atoms with Crippen molar-refractivity contribution < 1.29 is 19.1 Å². The van der Waals surface area contributed by atoms with Gasteiger partial charge in [0.25, 0.3) is 5.91 Å². The lowest BCUT2D eigenvalue weighted by molar-refractivity contribution is -0.114. The van der Waals surface area contributed by atoms with Crippen LogP contribution < -0.4 is 10.1 Å². The zero-order valence-corrected chi connectivity index (χ0v) is 21.2. The highest BCUT2D eigenvalue weighted by Gasteiger charge is 2.24. The van der Waals surface area contributed by atoms with Gasteiger partial charge in [0, 0.05) is 31.3 Å². The van der Waals surface area contributed by atoms with E-state index in [-0.39, 0.29) is 24.0 Å². The first-order valence-corrected chi connectivity index (χ1v) is 12.5. The van der Waals surface area contributed by atoms with Crippen molar-refractivity contribution >= 4 is 17.5 Å². The Bertz CT molecular complexity index is 1160. The molecule has 1 N–H and O–H groups in total. The lowest BCUT2D eigenvalue weighted by atomic mass is 10.0. The van der Waals surface area contributed by atoms with E-state index in [4.69, 9.17) is 9.47 Å². The number of rotatable bonds is 8. The minimum Gasteiger partial charge on any atom is -0.491 e. The number of likely N-dealkylation sites (tertiary alicyclic amines) is 1. The summed E-state index contributed by atoms with van der Waals surface area (Å²) < 4.78 is 11.9. The van der Waals surface area contributed by atoms with Gasteiger partial charge in [0.2, 0.25) is 5.91 Å². The minimum atomic E-state index is -0.0806. The van der Waals surface area contributed by atoms with Crippen molar-refractivity contribution in [2.75, 3.05) is 18.4 Å². The van der Waals surface area contributed by atoms with Crippen LogP contribution in [0.4, 0.5) is 5.69 Å². The van der Waals surface area contributed by atoms with Crippen LogP contribution >= 0.6 is 0 Å². The molecule has 1 fully saturated rings. The van der Waals surface area contributed by atoms with E-state index in [2.05, 4.69) is 23.5 Å². The van der Waals surface area contributed by atoms with Gasteiger partial charge in [-0.3, -0.25) is 9.59 Å². The number of ether oxygens (including phenoxy) is 2. The van der Waals surface area contributed by atoms with Crippen molar-refractivity contribution in [1.29, 1.82) is 0 Å². The average Bonchev–Trinajstić information content (AvgIpc) is 2.88. The number of benzene rings is 3. The fraction of sp³-hybridized carbons (Fsp3) is 0.333. The highest BCUT2D eigenvalue weighted by molar-refractivity contribution is 5.94. The van der Waals surface area contributed by atoms with Crippen LogP contribution in [0.5, 0.6) is 5.75 Å². The van der Waals surface area contributed by atoms with E-state index >= 15 is 0 Å². The molecular formula is C30H34N2O4. The van der Waals surface area contributed by atoms with Gasteiger partial charge in [-0.25, -0.2) is 0 Å². The molecule has 0 radical (unpaired) electrons. The molecule has 0 bridgehead atoms. The summed E-state index contributed by atoms with van der Waals surface area (Å²) >= 11 is 0. The van der Waals surface area contributed by atoms with Crippen LogP contribution in [0.15, 0.2) is 72.8 Å². The molecule has 1 aliphatic heterocycles. The zero-order valence-electron chi connectivity index (χ0n) is 21.2. The predicted molar refractivity (Wildman–Crippen MR) is 142 cm³/mol. The quantitative estimate of drug-likeness (QED) is 0.429. The number of nitrogens with one attached hydrogen (secondary N) is 1. The molecule has 1 saturated heterocycles. The first-order valence-electron chi connectivity index (χ1n) is 12.5. The molecule has 0 aromatic heterocycles. The van der Waals surface area contributed by atoms with E-state index < -0.39 is 0 Å². The van der Waals surface area contributed by atoms with E-state index in [1.807, 2.05) is 73.3 Å². The Morgan fingerprint density at radius 2 is 1.64 bits per heavy atom. The zero-order chi connectivity index (χ0) is 25.5. The molecule has 6 heteroatoms. The number of nitrogens with zero attached hydrogens (tertiary/aromatic N) is 1. The van der Waals surface area contributed by atoms with Gasteiger partial charge in [0.15, 0.2) is 0 Å². The molecular weight excluding hydrogens is 452 g/mol. The molecule has 3 aromatic carbocycles. The van der Waals surface area contributed by atoms with Crippen molar-refractivity contribution in [1.82, 2.24) is 4.90 Å². The van der Waals surface area contributed by atoms with E-state index in [1.54, 1.807) is 0 Å². The van der Waals surface area contributed by atoms with Crippen molar-refractivity contribution in [3.8, 4) is 16.9 Å². The number of carbonyl (C=O) groups is 2. The first kappa shape index (κ1) is 25.5. The van der Waals surface area contributed by atoms with Crippen molar-refractivity contribution in [2.24, 2.45) is 0 Å². The number of carbonyl (C=O) groups excluding carboxylic acids is 2. The molecule has 0 unspecified atom stereocenters. The highest BCUT2D eigenvalue weighted by atomic mass is 16.5. The Labute approximate surface area is 213 Å². The number of hydrogen-bond donors (Lipinski definition) is 1. The fourth-order valence-corrected chi connectivity index (χ4v) is 4.36. The van der Waals surface area contributed by atoms with E-state index in [0.717, 1.165) is 41.0 Å². The largest absolute Gasteiger partial charge is 0.491 e. The standard InChI is InChI=1S/C30H34N2O4/c1-21(2)36-29-13-9-25(10-14-29)30(34)32-17-15-28(16-18-32)35-20-23-5-4-6-26(19-23)24-7-11-27(12-8-24)31-22(3)33/h4-14,19,21,28H,15-18,20H2,1-3H3,(H,31,33). The summed E-state index contributed by atoms with van der Waals surface area (Å²) in [6, 6.07) is 23.5. The van der Waals surface area contributed by atoms with Crippen molar-refractivity contribution in [3.05, 3.63) is 83.9 Å². The Hall–Kier alpha value is -3.64.